The summed E-state index contributed by atoms with van der Waals surface area (Å²) in [5.41, 5.74) is 0. The molecule has 3 heteroatoms. The standard InChI is InChI=1S/C6H13NO2/c1-2-7-3-6(4-8)9-5-7/h6,8H,2-5H2,1H3. The molecule has 0 aromatic carbocycles. The maximum atomic E-state index is 8.63. The Hall–Kier alpha value is -0.120. The molecule has 1 heterocycles. The summed E-state index contributed by atoms with van der Waals surface area (Å²) < 4.78 is 5.18. The lowest BCUT2D eigenvalue weighted by molar-refractivity contribution is 0.0527. The van der Waals surface area contributed by atoms with Crippen molar-refractivity contribution in [3.8, 4) is 0 Å². The Morgan fingerprint density at radius 2 is 2.56 bits per heavy atom. The lowest BCUT2D eigenvalue weighted by Gasteiger charge is -2.07. The van der Waals surface area contributed by atoms with Gasteiger partial charge in [-0.15, -0.1) is 0 Å². The second kappa shape index (κ2) is 3.15. The van der Waals surface area contributed by atoms with Crippen LogP contribution in [0.5, 0.6) is 0 Å². The fourth-order valence-corrected chi connectivity index (χ4v) is 0.935. The monoisotopic (exact) mass is 131 g/mol. The van der Waals surface area contributed by atoms with Crippen molar-refractivity contribution in [2.75, 3.05) is 26.4 Å². The molecule has 9 heavy (non-hydrogen) atoms. The molecule has 0 amide bonds. The predicted octanol–water partition coefficient (Wildman–Crippen LogP) is -0.343. The Labute approximate surface area is 55.2 Å². The van der Waals surface area contributed by atoms with Crippen molar-refractivity contribution < 1.29 is 9.84 Å². The van der Waals surface area contributed by atoms with E-state index >= 15 is 0 Å². The summed E-state index contributed by atoms with van der Waals surface area (Å²) in [5, 5.41) is 8.63. The van der Waals surface area contributed by atoms with Gasteiger partial charge in [-0.25, -0.2) is 0 Å². The van der Waals surface area contributed by atoms with Crippen LogP contribution < -0.4 is 0 Å². The van der Waals surface area contributed by atoms with Gasteiger partial charge in [0, 0.05) is 6.54 Å². The van der Waals surface area contributed by atoms with E-state index in [0.717, 1.165) is 13.1 Å². The van der Waals surface area contributed by atoms with Crippen LogP contribution in [0.15, 0.2) is 0 Å². The molecule has 1 N–H and O–H groups in total. The molecule has 1 saturated heterocycles. The highest BCUT2D eigenvalue weighted by Gasteiger charge is 2.19. The largest absolute Gasteiger partial charge is 0.394 e. The quantitative estimate of drug-likeness (QED) is 0.556. The molecule has 0 aromatic rings. The van der Waals surface area contributed by atoms with Crippen molar-refractivity contribution in [1.82, 2.24) is 4.90 Å². The minimum absolute atomic E-state index is 0.0601. The van der Waals surface area contributed by atoms with E-state index < -0.39 is 0 Å². The molecule has 0 aliphatic carbocycles. The van der Waals surface area contributed by atoms with Crippen LogP contribution in [0.25, 0.3) is 0 Å². The molecule has 54 valence electrons. The van der Waals surface area contributed by atoms with Crippen molar-refractivity contribution in [2.45, 2.75) is 13.0 Å². The average molecular weight is 131 g/mol. The highest BCUT2D eigenvalue weighted by molar-refractivity contribution is 4.67. The molecular formula is C6H13NO2. The van der Waals surface area contributed by atoms with E-state index in [4.69, 9.17) is 9.84 Å². The van der Waals surface area contributed by atoms with Gasteiger partial charge in [0.05, 0.1) is 19.4 Å². The normalized spacial score (nSPS) is 29.3. The van der Waals surface area contributed by atoms with E-state index in [1.807, 2.05) is 0 Å². The maximum absolute atomic E-state index is 8.63. The summed E-state index contributed by atoms with van der Waals surface area (Å²) in [6, 6.07) is 0. The molecule has 1 atom stereocenters. The lowest BCUT2D eigenvalue weighted by Crippen LogP contribution is -2.23. The van der Waals surface area contributed by atoms with Crippen LogP contribution in [0.4, 0.5) is 0 Å². The first kappa shape index (κ1) is 6.99. The van der Waals surface area contributed by atoms with Gasteiger partial charge < -0.3 is 9.84 Å². The van der Waals surface area contributed by atoms with Crippen LogP contribution in [0.3, 0.4) is 0 Å². The molecule has 0 bridgehead atoms. The average Bonchev–Trinajstić information content (AvgIpc) is 2.34. The van der Waals surface area contributed by atoms with Gasteiger partial charge >= 0.3 is 0 Å². The summed E-state index contributed by atoms with van der Waals surface area (Å²) in [6.45, 7) is 4.81. The Morgan fingerprint density at radius 1 is 1.78 bits per heavy atom. The van der Waals surface area contributed by atoms with Crippen LogP contribution in [0, 0.1) is 0 Å². The van der Waals surface area contributed by atoms with Gasteiger partial charge in [-0.3, -0.25) is 4.90 Å². The summed E-state index contributed by atoms with van der Waals surface area (Å²) in [4.78, 5) is 2.15. The molecule has 3 nitrogen and oxygen atoms in total. The fraction of sp³-hybridized carbons (Fsp3) is 1.00. The molecule has 1 aliphatic rings. The first-order chi connectivity index (χ1) is 4.36. The number of hydrogen-bond donors (Lipinski definition) is 1. The van der Waals surface area contributed by atoms with E-state index in [9.17, 15) is 0 Å². The minimum atomic E-state index is 0.0601. The van der Waals surface area contributed by atoms with Crippen LogP contribution >= 0.6 is 0 Å². The van der Waals surface area contributed by atoms with E-state index in [2.05, 4.69) is 11.8 Å². The number of rotatable bonds is 2. The van der Waals surface area contributed by atoms with Gasteiger partial charge in [0.1, 0.15) is 0 Å². The zero-order chi connectivity index (χ0) is 6.69. The third-order valence-corrected chi connectivity index (χ3v) is 1.61. The molecule has 0 spiro atoms. The first-order valence-electron chi connectivity index (χ1n) is 3.31. The molecule has 0 aromatic heterocycles. The van der Waals surface area contributed by atoms with Gasteiger partial charge in [0.15, 0.2) is 0 Å². The molecule has 1 fully saturated rings. The summed E-state index contributed by atoms with van der Waals surface area (Å²) in [7, 11) is 0. The molecule has 0 saturated carbocycles. The first-order valence-corrected chi connectivity index (χ1v) is 3.31. The second-order valence-electron chi connectivity index (χ2n) is 2.27. The Morgan fingerprint density at radius 3 is 2.89 bits per heavy atom. The second-order valence-corrected chi connectivity index (χ2v) is 2.27. The van der Waals surface area contributed by atoms with Crippen LogP contribution in [-0.2, 0) is 4.74 Å². The molecule has 1 unspecified atom stereocenters. The fourth-order valence-electron chi connectivity index (χ4n) is 0.935. The molecule has 0 radical (unpaired) electrons. The highest BCUT2D eigenvalue weighted by Crippen LogP contribution is 2.05. The van der Waals surface area contributed by atoms with E-state index in [1.165, 1.54) is 0 Å². The van der Waals surface area contributed by atoms with Crippen LogP contribution in [0.2, 0.25) is 0 Å². The third kappa shape index (κ3) is 1.64. The van der Waals surface area contributed by atoms with Crippen molar-refractivity contribution in [2.24, 2.45) is 0 Å². The van der Waals surface area contributed by atoms with E-state index in [0.29, 0.717) is 6.73 Å². The Kier molecular flexibility index (Phi) is 2.45. The number of hydrogen-bond acceptors (Lipinski definition) is 3. The van der Waals surface area contributed by atoms with Crippen molar-refractivity contribution >= 4 is 0 Å². The van der Waals surface area contributed by atoms with Gasteiger partial charge in [-0.2, -0.15) is 0 Å². The van der Waals surface area contributed by atoms with Crippen LogP contribution in [-0.4, -0.2) is 42.5 Å². The van der Waals surface area contributed by atoms with Gasteiger partial charge in [0.2, 0.25) is 0 Å². The van der Waals surface area contributed by atoms with Crippen molar-refractivity contribution in [3.63, 3.8) is 0 Å². The third-order valence-electron chi connectivity index (χ3n) is 1.61. The SMILES string of the molecule is CCN1COC(CO)C1. The summed E-state index contributed by atoms with van der Waals surface area (Å²) in [6.07, 6.45) is 0.0601. The van der Waals surface area contributed by atoms with Crippen molar-refractivity contribution in [1.29, 1.82) is 0 Å². The Balaban J connectivity index is 2.20. The van der Waals surface area contributed by atoms with Gasteiger partial charge in [-0.1, -0.05) is 6.92 Å². The molecule has 1 rings (SSSR count). The van der Waals surface area contributed by atoms with E-state index in [1.54, 1.807) is 0 Å². The smallest absolute Gasteiger partial charge is 0.0996 e. The zero-order valence-electron chi connectivity index (χ0n) is 5.71. The van der Waals surface area contributed by atoms with Gasteiger partial charge in [0.25, 0.3) is 0 Å². The molecule has 1 aliphatic heterocycles. The van der Waals surface area contributed by atoms with Crippen molar-refractivity contribution in [3.05, 3.63) is 0 Å². The molecular weight excluding hydrogens is 118 g/mol. The number of likely N-dealkylation sites (N-methyl/N-ethyl adjacent to an activating group) is 1. The Bertz CT molecular complexity index is 77.1. The number of aliphatic hydroxyl groups is 1. The summed E-state index contributed by atoms with van der Waals surface area (Å²) >= 11 is 0. The van der Waals surface area contributed by atoms with Crippen LogP contribution in [0.1, 0.15) is 6.92 Å². The zero-order valence-corrected chi connectivity index (χ0v) is 5.71. The summed E-state index contributed by atoms with van der Waals surface area (Å²) in [5.74, 6) is 0. The number of nitrogens with zero attached hydrogens (tertiary/aromatic N) is 1. The minimum Gasteiger partial charge on any atom is -0.394 e. The van der Waals surface area contributed by atoms with Gasteiger partial charge in [-0.05, 0) is 6.54 Å². The predicted molar refractivity (Wildman–Crippen MR) is 34.1 cm³/mol. The number of ether oxygens (including phenoxy) is 1. The number of aliphatic hydroxyl groups excluding tert-OH is 1. The maximum Gasteiger partial charge on any atom is 0.0996 e. The van der Waals surface area contributed by atoms with E-state index in [-0.39, 0.29) is 12.7 Å². The lowest BCUT2D eigenvalue weighted by atomic mass is 10.4. The highest BCUT2D eigenvalue weighted by atomic mass is 16.5. The topological polar surface area (TPSA) is 32.7 Å².